The lowest BCUT2D eigenvalue weighted by atomic mass is 10.1. The van der Waals surface area contributed by atoms with Crippen molar-refractivity contribution >= 4 is 5.97 Å². The lowest BCUT2D eigenvalue weighted by molar-refractivity contribution is 0.0688. The summed E-state index contributed by atoms with van der Waals surface area (Å²) >= 11 is 0. The molecule has 0 bridgehead atoms. The number of benzene rings is 2. The zero-order valence-corrected chi connectivity index (χ0v) is 12.4. The van der Waals surface area contributed by atoms with Gasteiger partial charge in [0.15, 0.2) is 11.5 Å². The maximum Gasteiger partial charge on any atom is 0.339 e. The van der Waals surface area contributed by atoms with Crippen molar-refractivity contribution in [2.75, 3.05) is 0 Å². The normalized spacial score (nSPS) is 10.5. The van der Waals surface area contributed by atoms with E-state index in [4.69, 9.17) is 9.47 Å². The zero-order chi connectivity index (χ0) is 16.1. The molecule has 5 heteroatoms. The number of halogens is 1. The Morgan fingerprint density at radius 2 is 1.91 bits per heavy atom. The molecule has 116 valence electrons. The highest BCUT2D eigenvalue weighted by atomic mass is 19.1. The Balaban J connectivity index is 2.33. The van der Waals surface area contributed by atoms with Crippen LogP contribution in [0.15, 0.2) is 42.5 Å². The molecular formula is C17H17FO4. The molecular weight excluding hydrogens is 287 g/mol. The van der Waals surface area contributed by atoms with Crippen molar-refractivity contribution in [3.05, 3.63) is 59.4 Å². The molecule has 0 saturated carbocycles. The molecule has 0 heterocycles. The third-order valence-electron chi connectivity index (χ3n) is 2.84. The first-order chi connectivity index (χ1) is 10.5. The van der Waals surface area contributed by atoms with Gasteiger partial charge in [-0.05, 0) is 25.5 Å². The number of hydrogen-bond donors (Lipinski definition) is 1. The molecule has 0 radical (unpaired) electrons. The fraction of sp³-hybridized carbons (Fsp3) is 0.235. The smallest absolute Gasteiger partial charge is 0.339 e. The lowest BCUT2D eigenvalue weighted by Crippen LogP contribution is -2.12. The second-order valence-electron chi connectivity index (χ2n) is 5.03. The number of carbonyl (C=O) groups is 1. The van der Waals surface area contributed by atoms with Crippen molar-refractivity contribution < 1.29 is 23.8 Å². The van der Waals surface area contributed by atoms with Crippen LogP contribution in [0.3, 0.4) is 0 Å². The number of carboxylic acids is 1. The van der Waals surface area contributed by atoms with Crippen LogP contribution in [0.25, 0.3) is 0 Å². The average Bonchev–Trinajstić information content (AvgIpc) is 2.47. The molecule has 4 nitrogen and oxygen atoms in total. The quantitative estimate of drug-likeness (QED) is 0.879. The van der Waals surface area contributed by atoms with Crippen molar-refractivity contribution in [2.45, 2.75) is 26.6 Å². The molecule has 22 heavy (non-hydrogen) atoms. The summed E-state index contributed by atoms with van der Waals surface area (Å²) in [6.07, 6.45) is -0.261. The molecule has 0 aliphatic carbocycles. The minimum absolute atomic E-state index is 0.0415. The van der Waals surface area contributed by atoms with E-state index in [1.165, 1.54) is 0 Å². The molecule has 0 aliphatic rings. The van der Waals surface area contributed by atoms with Gasteiger partial charge in [-0.2, -0.15) is 0 Å². The maximum atomic E-state index is 13.6. The first-order valence-corrected chi connectivity index (χ1v) is 6.87. The molecule has 0 saturated heterocycles. The fourth-order valence-corrected chi connectivity index (χ4v) is 1.93. The van der Waals surface area contributed by atoms with E-state index in [-0.39, 0.29) is 29.8 Å². The van der Waals surface area contributed by atoms with E-state index in [9.17, 15) is 14.3 Å². The van der Waals surface area contributed by atoms with Crippen LogP contribution >= 0.6 is 0 Å². The van der Waals surface area contributed by atoms with Gasteiger partial charge in [-0.1, -0.05) is 30.3 Å². The minimum atomic E-state index is -1.26. The van der Waals surface area contributed by atoms with Gasteiger partial charge in [-0.25, -0.2) is 9.18 Å². The van der Waals surface area contributed by atoms with E-state index in [0.29, 0.717) is 0 Å². The fourth-order valence-electron chi connectivity index (χ4n) is 1.93. The second kappa shape index (κ2) is 6.93. The molecule has 0 aliphatic heterocycles. The first kappa shape index (κ1) is 15.8. The Morgan fingerprint density at radius 3 is 2.50 bits per heavy atom. The van der Waals surface area contributed by atoms with Crippen LogP contribution in [0.4, 0.5) is 4.39 Å². The van der Waals surface area contributed by atoms with Gasteiger partial charge in [0.1, 0.15) is 18.0 Å². The summed E-state index contributed by atoms with van der Waals surface area (Å²) in [6, 6.07) is 11.4. The Bertz CT molecular complexity index is 653. The van der Waals surface area contributed by atoms with Gasteiger partial charge in [0.05, 0.1) is 6.10 Å². The third kappa shape index (κ3) is 3.97. The SMILES string of the molecule is CC(C)Oc1c(OCc2ccccc2)cc(F)cc1C(=O)O. The van der Waals surface area contributed by atoms with Crippen molar-refractivity contribution in [2.24, 2.45) is 0 Å². The van der Waals surface area contributed by atoms with E-state index >= 15 is 0 Å². The number of carboxylic acid groups (broad SMARTS) is 1. The maximum absolute atomic E-state index is 13.6. The molecule has 2 aromatic carbocycles. The number of aromatic carboxylic acids is 1. The zero-order valence-electron chi connectivity index (χ0n) is 12.4. The summed E-state index contributed by atoms with van der Waals surface area (Å²) in [4.78, 5) is 11.3. The van der Waals surface area contributed by atoms with Gasteiger partial charge in [0.25, 0.3) is 0 Å². The number of hydrogen-bond acceptors (Lipinski definition) is 3. The van der Waals surface area contributed by atoms with Crippen LogP contribution in [0.2, 0.25) is 0 Å². The Kier molecular flexibility index (Phi) is 4.99. The Labute approximate surface area is 128 Å². The second-order valence-corrected chi connectivity index (χ2v) is 5.03. The lowest BCUT2D eigenvalue weighted by Gasteiger charge is -2.17. The van der Waals surface area contributed by atoms with Crippen LogP contribution in [0.1, 0.15) is 29.8 Å². The van der Waals surface area contributed by atoms with E-state index in [1.807, 2.05) is 30.3 Å². The van der Waals surface area contributed by atoms with Crippen molar-refractivity contribution in [1.29, 1.82) is 0 Å². The van der Waals surface area contributed by atoms with Gasteiger partial charge < -0.3 is 14.6 Å². The molecule has 0 spiro atoms. The van der Waals surface area contributed by atoms with Gasteiger partial charge in [-0.3, -0.25) is 0 Å². The Morgan fingerprint density at radius 1 is 1.23 bits per heavy atom. The van der Waals surface area contributed by atoms with Gasteiger partial charge in [0.2, 0.25) is 0 Å². The van der Waals surface area contributed by atoms with Crippen molar-refractivity contribution in [3.8, 4) is 11.5 Å². The summed E-state index contributed by atoms with van der Waals surface area (Å²) in [5, 5.41) is 9.21. The summed E-state index contributed by atoms with van der Waals surface area (Å²) in [5.74, 6) is -1.83. The number of ether oxygens (including phenoxy) is 2. The summed E-state index contributed by atoms with van der Waals surface area (Å²) < 4.78 is 24.7. The predicted octanol–water partition coefficient (Wildman–Crippen LogP) is 3.89. The molecule has 1 N–H and O–H groups in total. The van der Waals surface area contributed by atoms with Gasteiger partial charge in [-0.15, -0.1) is 0 Å². The van der Waals surface area contributed by atoms with Crippen LogP contribution < -0.4 is 9.47 Å². The number of rotatable bonds is 6. The highest BCUT2D eigenvalue weighted by Gasteiger charge is 2.20. The van der Waals surface area contributed by atoms with Crippen LogP contribution in [-0.4, -0.2) is 17.2 Å². The topological polar surface area (TPSA) is 55.8 Å². The molecule has 0 unspecified atom stereocenters. The highest BCUT2D eigenvalue weighted by molar-refractivity contribution is 5.92. The van der Waals surface area contributed by atoms with Gasteiger partial charge in [0, 0.05) is 6.07 Å². The standard InChI is InChI=1S/C17H17FO4/c1-11(2)22-16-14(17(19)20)8-13(18)9-15(16)21-10-12-6-4-3-5-7-12/h3-9,11H,10H2,1-2H3,(H,19,20). The van der Waals surface area contributed by atoms with E-state index in [1.54, 1.807) is 13.8 Å². The molecule has 0 atom stereocenters. The third-order valence-corrected chi connectivity index (χ3v) is 2.84. The summed E-state index contributed by atoms with van der Waals surface area (Å²) in [5.41, 5.74) is 0.635. The van der Waals surface area contributed by atoms with Crippen LogP contribution in [0.5, 0.6) is 11.5 Å². The van der Waals surface area contributed by atoms with Crippen LogP contribution in [0, 0.1) is 5.82 Å². The summed E-state index contributed by atoms with van der Waals surface area (Å²) in [6.45, 7) is 3.71. The van der Waals surface area contributed by atoms with E-state index in [2.05, 4.69) is 0 Å². The Hall–Kier alpha value is -2.56. The van der Waals surface area contributed by atoms with Crippen LogP contribution in [-0.2, 0) is 6.61 Å². The predicted molar refractivity (Wildman–Crippen MR) is 79.9 cm³/mol. The van der Waals surface area contributed by atoms with E-state index in [0.717, 1.165) is 17.7 Å². The molecule has 0 fully saturated rings. The molecule has 2 aromatic rings. The van der Waals surface area contributed by atoms with Crippen molar-refractivity contribution in [1.82, 2.24) is 0 Å². The highest BCUT2D eigenvalue weighted by Crippen LogP contribution is 2.34. The largest absolute Gasteiger partial charge is 0.486 e. The van der Waals surface area contributed by atoms with Gasteiger partial charge >= 0.3 is 5.97 Å². The van der Waals surface area contributed by atoms with E-state index < -0.39 is 11.8 Å². The molecule has 0 aromatic heterocycles. The monoisotopic (exact) mass is 304 g/mol. The average molecular weight is 304 g/mol. The van der Waals surface area contributed by atoms with Crippen molar-refractivity contribution in [3.63, 3.8) is 0 Å². The molecule has 2 rings (SSSR count). The minimum Gasteiger partial charge on any atom is -0.486 e. The molecule has 0 amide bonds. The summed E-state index contributed by atoms with van der Waals surface area (Å²) in [7, 11) is 0. The first-order valence-electron chi connectivity index (χ1n) is 6.87.